The van der Waals surface area contributed by atoms with E-state index in [4.69, 9.17) is 0 Å². The molecule has 108 valence electrons. The molecule has 0 rings (SSSR count). The van der Waals surface area contributed by atoms with Crippen molar-refractivity contribution in [3.8, 4) is 0 Å². The van der Waals surface area contributed by atoms with Gasteiger partial charge in [-0.2, -0.15) is 0 Å². The van der Waals surface area contributed by atoms with Crippen LogP contribution >= 0.6 is 11.8 Å². The first-order valence-electron chi connectivity index (χ1n) is 7.52. The fourth-order valence-electron chi connectivity index (χ4n) is 1.45. The van der Waals surface area contributed by atoms with E-state index >= 15 is 0 Å². The second-order valence-electron chi connectivity index (χ2n) is 5.78. The van der Waals surface area contributed by atoms with Gasteiger partial charge >= 0.3 is 126 Å². The topological polar surface area (TPSA) is 0 Å². The second-order valence-corrected chi connectivity index (χ2v) is 9.66. The van der Waals surface area contributed by atoms with Crippen LogP contribution in [0.2, 0.25) is 5.32 Å². The number of hydrogen-bond acceptors (Lipinski definition) is 1. The van der Waals surface area contributed by atoms with E-state index in [1.54, 1.807) is 3.80 Å². The summed E-state index contributed by atoms with van der Waals surface area (Å²) < 4.78 is 1.71. The van der Waals surface area contributed by atoms with Crippen molar-refractivity contribution >= 4 is 26.7 Å². The molecule has 0 aliphatic rings. The summed E-state index contributed by atoms with van der Waals surface area (Å²) in [5.74, 6) is 2.96. The molecule has 0 aromatic rings. The Kier molecular flexibility index (Phi) is 13.1. The first-order chi connectivity index (χ1) is 8.56. The number of hydrogen-bond donors (Lipinski definition) is 0. The van der Waals surface area contributed by atoms with Gasteiger partial charge in [-0.05, 0) is 0 Å². The average Bonchev–Trinajstić information content (AvgIpc) is 2.30. The summed E-state index contributed by atoms with van der Waals surface area (Å²) in [4.78, 5) is 0. The number of thioether (sulfide) groups is 1. The van der Waals surface area contributed by atoms with Gasteiger partial charge in [-0.15, -0.1) is 0 Å². The molecule has 0 amide bonds. The van der Waals surface area contributed by atoms with E-state index in [0.717, 1.165) is 26.8 Å². The fourth-order valence-corrected chi connectivity index (χ4v) is 5.11. The SMILES string of the molecule is CCCCCC/C=C(/SCC(C)C)[Se]CC(C)C. The van der Waals surface area contributed by atoms with Crippen LogP contribution in [0.4, 0.5) is 0 Å². The Balaban J connectivity index is 3.96. The van der Waals surface area contributed by atoms with Gasteiger partial charge < -0.3 is 0 Å². The molecule has 0 spiro atoms. The van der Waals surface area contributed by atoms with Crippen LogP contribution < -0.4 is 0 Å². The zero-order valence-corrected chi connectivity index (χ0v) is 15.5. The molecule has 0 saturated carbocycles. The van der Waals surface area contributed by atoms with Crippen LogP contribution in [0.15, 0.2) is 9.88 Å². The fraction of sp³-hybridized carbons (Fsp3) is 0.875. The number of allylic oxidation sites excluding steroid dienone is 1. The molecule has 0 aromatic heterocycles. The molecule has 0 nitrogen and oxygen atoms in total. The molecule has 0 atom stereocenters. The molecule has 0 saturated heterocycles. The monoisotopic (exact) mass is 336 g/mol. The number of rotatable bonds is 11. The first-order valence-corrected chi connectivity index (χ1v) is 10.6. The molecule has 0 aromatic carbocycles. The van der Waals surface area contributed by atoms with Crippen LogP contribution in [0.25, 0.3) is 0 Å². The van der Waals surface area contributed by atoms with Gasteiger partial charge in [0, 0.05) is 0 Å². The maximum atomic E-state index is 2.55. The molecule has 0 radical (unpaired) electrons. The molecular weight excluding hydrogens is 303 g/mol. The Labute approximate surface area is 126 Å². The van der Waals surface area contributed by atoms with Gasteiger partial charge in [0.1, 0.15) is 0 Å². The zero-order chi connectivity index (χ0) is 13.8. The van der Waals surface area contributed by atoms with Crippen molar-refractivity contribution in [2.24, 2.45) is 11.8 Å². The molecule has 0 N–H and O–H groups in total. The van der Waals surface area contributed by atoms with Gasteiger partial charge in [0.15, 0.2) is 0 Å². The Hall–Kier alpha value is 0.609. The van der Waals surface area contributed by atoms with Crippen LogP contribution in [-0.2, 0) is 0 Å². The minimum absolute atomic E-state index is 0.721. The quantitative estimate of drug-likeness (QED) is 0.331. The summed E-state index contributed by atoms with van der Waals surface area (Å²) in [6, 6.07) is 0. The molecule has 0 bridgehead atoms. The third-order valence-corrected chi connectivity index (χ3v) is 7.82. The van der Waals surface area contributed by atoms with E-state index in [1.807, 2.05) is 0 Å². The van der Waals surface area contributed by atoms with Crippen LogP contribution in [0, 0.1) is 11.8 Å². The van der Waals surface area contributed by atoms with Gasteiger partial charge in [-0.3, -0.25) is 0 Å². The predicted octanol–water partition coefficient (Wildman–Crippen LogP) is 5.97. The van der Waals surface area contributed by atoms with Crippen molar-refractivity contribution in [3.63, 3.8) is 0 Å². The standard InChI is InChI=1S/C16H32SSe/c1-6-7-8-9-10-11-16(17-12-14(2)3)18-13-15(4)5/h11,14-15H,6-10,12-13H2,1-5H3/b16-11-. The van der Waals surface area contributed by atoms with E-state index in [-0.39, 0.29) is 0 Å². The van der Waals surface area contributed by atoms with E-state index in [0.29, 0.717) is 0 Å². The molecule has 0 fully saturated rings. The summed E-state index contributed by atoms with van der Waals surface area (Å²) in [6.07, 6.45) is 9.39. The first kappa shape index (κ1) is 18.6. The summed E-state index contributed by atoms with van der Waals surface area (Å²) in [5.41, 5.74) is 0. The van der Waals surface area contributed by atoms with Crippen molar-refractivity contribution in [2.45, 2.75) is 72.0 Å². The molecule has 2 heteroatoms. The Bertz CT molecular complexity index is 195. The normalized spacial score (nSPS) is 12.7. The Morgan fingerprint density at radius 2 is 1.78 bits per heavy atom. The van der Waals surface area contributed by atoms with Crippen LogP contribution in [0.1, 0.15) is 66.7 Å². The summed E-state index contributed by atoms with van der Waals surface area (Å²) in [6.45, 7) is 11.6. The molecule has 0 aliphatic heterocycles. The maximum absolute atomic E-state index is 2.55. The van der Waals surface area contributed by atoms with Crippen LogP contribution in [-0.4, -0.2) is 20.7 Å². The van der Waals surface area contributed by atoms with Crippen molar-refractivity contribution in [1.82, 2.24) is 0 Å². The van der Waals surface area contributed by atoms with E-state index < -0.39 is 0 Å². The van der Waals surface area contributed by atoms with Crippen molar-refractivity contribution in [3.05, 3.63) is 9.88 Å². The third kappa shape index (κ3) is 13.1. The van der Waals surface area contributed by atoms with Crippen LogP contribution in [0.5, 0.6) is 0 Å². The zero-order valence-electron chi connectivity index (χ0n) is 13.0. The molecule has 0 unspecified atom stereocenters. The Morgan fingerprint density at radius 3 is 2.33 bits per heavy atom. The summed E-state index contributed by atoms with van der Waals surface area (Å²) in [7, 11) is 0. The minimum atomic E-state index is 0.721. The van der Waals surface area contributed by atoms with Gasteiger partial charge in [0.2, 0.25) is 0 Å². The Morgan fingerprint density at radius 1 is 1.06 bits per heavy atom. The molecule has 0 aliphatic carbocycles. The molecular formula is C16H32SSe. The predicted molar refractivity (Wildman–Crippen MR) is 89.5 cm³/mol. The average molecular weight is 335 g/mol. The van der Waals surface area contributed by atoms with Gasteiger partial charge in [-0.25, -0.2) is 0 Å². The van der Waals surface area contributed by atoms with Crippen molar-refractivity contribution in [1.29, 1.82) is 0 Å². The molecule has 0 heterocycles. The van der Waals surface area contributed by atoms with E-state index in [9.17, 15) is 0 Å². The third-order valence-electron chi connectivity index (χ3n) is 2.49. The summed E-state index contributed by atoms with van der Waals surface area (Å²) >= 11 is 2.85. The summed E-state index contributed by atoms with van der Waals surface area (Å²) in [5, 5.41) is 1.40. The van der Waals surface area contributed by atoms with Crippen molar-refractivity contribution in [2.75, 3.05) is 5.75 Å². The van der Waals surface area contributed by atoms with Gasteiger partial charge in [0.25, 0.3) is 0 Å². The van der Waals surface area contributed by atoms with Gasteiger partial charge in [-0.1, -0.05) is 0 Å². The van der Waals surface area contributed by atoms with E-state index in [1.165, 1.54) is 43.2 Å². The van der Waals surface area contributed by atoms with Crippen LogP contribution in [0.3, 0.4) is 0 Å². The second kappa shape index (κ2) is 12.6. The molecule has 18 heavy (non-hydrogen) atoms. The van der Waals surface area contributed by atoms with E-state index in [2.05, 4.69) is 52.5 Å². The number of unbranched alkanes of at least 4 members (excludes halogenated alkanes) is 4. The van der Waals surface area contributed by atoms with Crippen molar-refractivity contribution < 1.29 is 0 Å². The van der Waals surface area contributed by atoms with Gasteiger partial charge in [0.05, 0.1) is 0 Å².